The first-order valence-corrected chi connectivity index (χ1v) is 1.24. The molecule has 0 amide bonds. The summed E-state index contributed by atoms with van der Waals surface area (Å²) in [5, 5.41) is 7.12. The second-order valence-corrected chi connectivity index (χ2v) is 0.803. The summed E-state index contributed by atoms with van der Waals surface area (Å²) in [6.07, 6.45) is -5.08. The van der Waals surface area contributed by atoms with Gasteiger partial charge in [-0.15, -0.1) is 0 Å². The van der Waals surface area contributed by atoms with Gasteiger partial charge in [-0.05, 0) is 0 Å². The van der Waals surface area contributed by atoms with E-state index in [1.165, 1.54) is 0 Å². The van der Waals surface area contributed by atoms with Gasteiger partial charge in [0.25, 0.3) is 0 Å². The van der Waals surface area contributed by atoms with Gasteiger partial charge in [0.2, 0.25) is 0 Å². The van der Waals surface area contributed by atoms with Crippen molar-refractivity contribution < 1.29 is 23.1 Å². The SMILES string of the molecule is O=C(O)C(F)(F)F.[PbH]. The minimum atomic E-state index is -5.08. The third kappa shape index (κ3) is 4.34. The van der Waals surface area contributed by atoms with Crippen LogP contribution in [0.3, 0.4) is 0 Å². The first-order valence-electron chi connectivity index (χ1n) is 1.24. The third-order valence-corrected chi connectivity index (χ3v) is 0.243. The Kier molecular flexibility index (Phi) is 4.49. The summed E-state index contributed by atoms with van der Waals surface area (Å²) in [6, 6.07) is 0. The van der Waals surface area contributed by atoms with Gasteiger partial charge in [0.05, 0.1) is 0 Å². The first-order chi connectivity index (χ1) is 2.94. The van der Waals surface area contributed by atoms with Gasteiger partial charge in [0, 0.05) is 0 Å². The van der Waals surface area contributed by atoms with Gasteiger partial charge in [0.1, 0.15) is 0 Å². The molecule has 0 unspecified atom stereocenters. The fourth-order valence-corrected chi connectivity index (χ4v) is 0. The maximum atomic E-state index is 10.6. The van der Waals surface area contributed by atoms with E-state index in [1.807, 2.05) is 0 Å². The fourth-order valence-electron chi connectivity index (χ4n) is 0. The quantitative estimate of drug-likeness (QED) is 0.637. The van der Waals surface area contributed by atoms with Crippen molar-refractivity contribution in [2.75, 3.05) is 0 Å². The van der Waals surface area contributed by atoms with Crippen molar-refractivity contribution in [3.8, 4) is 0 Å². The number of aliphatic carboxylic acids is 1. The normalized spacial score (nSPS) is 9.88. The molecule has 0 rings (SSSR count). The Morgan fingerprint density at radius 2 is 1.50 bits per heavy atom. The molecule has 2 nitrogen and oxygen atoms in total. The van der Waals surface area contributed by atoms with Crippen LogP contribution >= 0.6 is 0 Å². The number of rotatable bonds is 0. The molecule has 1 N–H and O–H groups in total. The summed E-state index contributed by atoms with van der Waals surface area (Å²) in [5.74, 6) is -2.76. The zero-order valence-electron chi connectivity index (χ0n) is 3.57. The molecule has 0 aliphatic carbocycles. The van der Waals surface area contributed by atoms with Crippen molar-refractivity contribution in [2.45, 2.75) is 6.18 Å². The van der Waals surface area contributed by atoms with E-state index in [9.17, 15) is 13.2 Å². The number of carboxylic acid groups (broad SMARTS) is 1. The molecule has 0 bridgehead atoms. The second-order valence-electron chi connectivity index (χ2n) is 0.803. The number of carbonyl (C=O) groups is 1. The van der Waals surface area contributed by atoms with Gasteiger partial charge < -0.3 is 5.11 Å². The summed E-state index contributed by atoms with van der Waals surface area (Å²) in [5.41, 5.74) is 0. The first kappa shape index (κ1) is 11.0. The van der Waals surface area contributed by atoms with Crippen molar-refractivity contribution in [3.63, 3.8) is 0 Å². The van der Waals surface area contributed by atoms with Crippen molar-refractivity contribution in [1.82, 2.24) is 0 Å². The monoisotopic (exact) mass is 323 g/mol. The molecule has 0 spiro atoms. The van der Waals surface area contributed by atoms with Crippen molar-refractivity contribution in [1.29, 1.82) is 0 Å². The predicted octanol–water partition coefficient (Wildman–Crippen LogP) is -0.0152. The number of alkyl halides is 3. The molecule has 47 valence electrons. The van der Waals surface area contributed by atoms with E-state index in [0.29, 0.717) is 0 Å². The van der Waals surface area contributed by atoms with Crippen LogP contribution in [0.25, 0.3) is 0 Å². The van der Waals surface area contributed by atoms with E-state index in [0.717, 1.165) is 0 Å². The summed E-state index contributed by atoms with van der Waals surface area (Å²) >= 11 is 0. The zero-order chi connectivity index (χ0) is 6.08. The van der Waals surface area contributed by atoms with Crippen LogP contribution in [0.5, 0.6) is 0 Å². The number of carboxylic acids is 1. The average Bonchev–Trinajstić information content (AvgIpc) is 1.31. The Labute approximate surface area is 62.8 Å². The minimum absolute atomic E-state index is 0. The van der Waals surface area contributed by atoms with Crippen LogP contribution in [0.1, 0.15) is 0 Å². The molecule has 8 heavy (non-hydrogen) atoms. The Hall–Kier alpha value is 0.182. The molecule has 0 aliphatic rings. The van der Waals surface area contributed by atoms with Crippen LogP contribution in [-0.2, 0) is 4.79 Å². The molecule has 0 aliphatic heterocycles. The van der Waals surface area contributed by atoms with Crippen LogP contribution in [-0.4, -0.2) is 44.6 Å². The molecule has 0 aromatic rings. The number of hydrogen-bond acceptors (Lipinski definition) is 1. The van der Waals surface area contributed by atoms with Crippen molar-refractivity contribution >= 4 is 33.3 Å². The Balaban J connectivity index is 0. The zero-order valence-corrected chi connectivity index (χ0v) is 8.06. The van der Waals surface area contributed by atoms with Crippen molar-refractivity contribution in [2.24, 2.45) is 0 Å². The second kappa shape index (κ2) is 3.26. The standard InChI is InChI=1S/C2HF3O2.Pb.H/c3-2(4,5)1(6)7;;/h(H,6,7);;. The van der Waals surface area contributed by atoms with Gasteiger partial charge in [-0.3, -0.25) is 0 Å². The third-order valence-electron chi connectivity index (χ3n) is 0.243. The van der Waals surface area contributed by atoms with E-state index in [4.69, 9.17) is 9.90 Å². The van der Waals surface area contributed by atoms with E-state index < -0.39 is 12.1 Å². The molecular weight excluding hydrogens is 320 g/mol. The van der Waals surface area contributed by atoms with Crippen LogP contribution in [0, 0.1) is 0 Å². The molecular formula is C2H2F3O2Pb. The fraction of sp³-hybridized carbons (Fsp3) is 0.500. The topological polar surface area (TPSA) is 37.3 Å². The van der Waals surface area contributed by atoms with Gasteiger partial charge in [-0.25, -0.2) is 4.79 Å². The summed E-state index contributed by atoms with van der Waals surface area (Å²) in [4.78, 5) is 8.90. The Bertz CT molecular complexity index is 87.8. The average molecular weight is 322 g/mol. The van der Waals surface area contributed by atoms with Crippen LogP contribution < -0.4 is 0 Å². The molecule has 0 fully saturated rings. The summed E-state index contributed by atoms with van der Waals surface area (Å²) in [7, 11) is 0. The van der Waals surface area contributed by atoms with Gasteiger partial charge in [-0.2, -0.15) is 13.2 Å². The molecule has 0 aromatic heterocycles. The van der Waals surface area contributed by atoms with Gasteiger partial charge >= 0.3 is 39.4 Å². The molecule has 0 saturated heterocycles. The van der Waals surface area contributed by atoms with E-state index in [-0.39, 0.29) is 27.3 Å². The molecule has 0 aromatic carbocycles. The molecule has 0 heterocycles. The van der Waals surface area contributed by atoms with Crippen LogP contribution in [0.4, 0.5) is 13.2 Å². The van der Waals surface area contributed by atoms with E-state index in [2.05, 4.69) is 0 Å². The van der Waals surface area contributed by atoms with E-state index >= 15 is 0 Å². The summed E-state index contributed by atoms with van der Waals surface area (Å²) < 4.78 is 31.7. The van der Waals surface area contributed by atoms with E-state index in [1.54, 1.807) is 0 Å². The van der Waals surface area contributed by atoms with Gasteiger partial charge in [0.15, 0.2) is 0 Å². The van der Waals surface area contributed by atoms with Crippen LogP contribution in [0.15, 0.2) is 0 Å². The van der Waals surface area contributed by atoms with Crippen LogP contribution in [0.2, 0.25) is 0 Å². The summed E-state index contributed by atoms with van der Waals surface area (Å²) in [6.45, 7) is 0. The number of halogens is 3. The molecule has 0 saturated carbocycles. The Morgan fingerprint density at radius 3 is 1.50 bits per heavy atom. The van der Waals surface area contributed by atoms with Gasteiger partial charge in [-0.1, -0.05) is 0 Å². The maximum absolute atomic E-state index is 10.6. The molecule has 0 atom stereocenters. The molecule has 6 heteroatoms. The predicted molar refractivity (Wildman–Crippen MR) is 20.8 cm³/mol. The molecule has 3 radical (unpaired) electrons. The Morgan fingerprint density at radius 1 is 1.38 bits per heavy atom. The number of hydrogen-bond donors (Lipinski definition) is 1. The van der Waals surface area contributed by atoms with Crippen molar-refractivity contribution in [3.05, 3.63) is 0 Å².